The minimum atomic E-state index is 0.375. The number of hydrogen-bond donors (Lipinski definition) is 3. The summed E-state index contributed by atoms with van der Waals surface area (Å²) in [6, 6.07) is 3.54. The van der Waals surface area contributed by atoms with Crippen molar-refractivity contribution in [2.75, 3.05) is 0 Å². The molecule has 0 saturated heterocycles. The summed E-state index contributed by atoms with van der Waals surface area (Å²) in [7, 11) is 0. The van der Waals surface area contributed by atoms with Crippen LogP contribution in [-0.2, 0) is 0 Å². The van der Waals surface area contributed by atoms with Crippen molar-refractivity contribution in [3.8, 4) is 0 Å². The maximum Gasteiger partial charge on any atom is 0.160 e. The molecule has 3 N–H and O–H groups in total. The Balaban J connectivity index is 2.99. The van der Waals surface area contributed by atoms with E-state index in [1.54, 1.807) is 12.3 Å². The van der Waals surface area contributed by atoms with E-state index in [-0.39, 0.29) is 0 Å². The molecule has 2 aromatic rings. The molecule has 0 radical (unpaired) electrons. The van der Waals surface area contributed by atoms with Gasteiger partial charge in [-0.25, -0.2) is 0 Å². The Bertz CT molecular complexity index is 397. The van der Waals surface area contributed by atoms with Crippen LogP contribution in [0.5, 0.6) is 0 Å². The summed E-state index contributed by atoms with van der Waals surface area (Å²) < 4.78 is 0. The Morgan fingerprint density at radius 3 is 3.20 bits per heavy atom. The maximum absolute atomic E-state index is 7.21. The third kappa shape index (κ3) is 0.621. The fraction of sp³-hybridized carbons (Fsp3) is 0. The molecule has 0 aliphatic carbocycles. The molecule has 10 heavy (non-hydrogen) atoms. The molecule has 4 nitrogen and oxygen atoms in total. The lowest BCUT2D eigenvalue weighted by Gasteiger charge is -1.84. The smallest absolute Gasteiger partial charge is 0.160 e. The lowest BCUT2D eigenvalue weighted by atomic mass is 10.4. The summed E-state index contributed by atoms with van der Waals surface area (Å²) in [6.45, 7) is 0. The summed E-state index contributed by atoms with van der Waals surface area (Å²) in [5.74, 6) is 0. The molecule has 0 aliphatic rings. The first-order valence-electron chi connectivity index (χ1n) is 2.94. The Labute approximate surface area is 56.4 Å². The summed E-state index contributed by atoms with van der Waals surface area (Å²) in [4.78, 5) is 2.79. The second-order valence-corrected chi connectivity index (χ2v) is 2.06. The third-order valence-corrected chi connectivity index (χ3v) is 1.35. The highest BCUT2D eigenvalue weighted by Gasteiger charge is 1.91. The zero-order valence-corrected chi connectivity index (χ0v) is 5.18. The molecule has 0 aromatic carbocycles. The zero-order valence-electron chi connectivity index (χ0n) is 5.18. The van der Waals surface area contributed by atoms with Crippen LogP contribution in [0.1, 0.15) is 0 Å². The average Bonchev–Trinajstić information content (AvgIpc) is 2.33. The zero-order chi connectivity index (χ0) is 6.97. The Hall–Kier alpha value is -1.58. The molecule has 0 saturated carbocycles. The van der Waals surface area contributed by atoms with Gasteiger partial charge in [0.2, 0.25) is 0 Å². The van der Waals surface area contributed by atoms with Gasteiger partial charge in [-0.05, 0) is 12.1 Å². The van der Waals surface area contributed by atoms with E-state index in [4.69, 9.17) is 5.41 Å². The van der Waals surface area contributed by atoms with E-state index in [0.717, 1.165) is 11.0 Å². The van der Waals surface area contributed by atoms with E-state index >= 15 is 0 Å². The first-order chi connectivity index (χ1) is 4.86. The molecule has 4 heteroatoms. The monoisotopic (exact) mass is 134 g/mol. The van der Waals surface area contributed by atoms with Gasteiger partial charge >= 0.3 is 0 Å². The van der Waals surface area contributed by atoms with Crippen molar-refractivity contribution in [1.82, 2.24) is 15.2 Å². The Morgan fingerprint density at radius 2 is 2.30 bits per heavy atom. The summed E-state index contributed by atoms with van der Waals surface area (Å²) in [5, 5.41) is 14.8. The molecule has 2 rings (SSSR count). The molecule has 2 heterocycles. The highest BCUT2D eigenvalue weighted by atomic mass is 15.1. The van der Waals surface area contributed by atoms with Crippen molar-refractivity contribution in [3.05, 3.63) is 23.8 Å². The number of pyridine rings is 1. The largest absolute Gasteiger partial charge is 0.323 e. The van der Waals surface area contributed by atoms with Crippen LogP contribution < -0.4 is 5.49 Å². The van der Waals surface area contributed by atoms with E-state index in [9.17, 15) is 0 Å². The topological polar surface area (TPSA) is 68.3 Å². The van der Waals surface area contributed by atoms with Gasteiger partial charge in [-0.15, -0.1) is 0 Å². The molecule has 50 valence electrons. The van der Waals surface area contributed by atoms with Gasteiger partial charge in [0.25, 0.3) is 0 Å². The third-order valence-electron chi connectivity index (χ3n) is 1.35. The van der Waals surface area contributed by atoms with Crippen LogP contribution in [0.25, 0.3) is 11.0 Å². The van der Waals surface area contributed by atoms with Gasteiger partial charge in [0.15, 0.2) is 5.65 Å². The minimum Gasteiger partial charge on any atom is -0.323 e. The van der Waals surface area contributed by atoms with Crippen molar-refractivity contribution in [2.24, 2.45) is 0 Å². The average molecular weight is 134 g/mol. The molecular formula is C6H6N4. The lowest BCUT2D eigenvalue weighted by molar-refractivity contribution is 1.06. The van der Waals surface area contributed by atoms with Crippen LogP contribution in [0.4, 0.5) is 0 Å². The van der Waals surface area contributed by atoms with Crippen LogP contribution in [0.15, 0.2) is 18.3 Å². The summed E-state index contributed by atoms with van der Waals surface area (Å²) in [6.07, 6.45) is 1.78. The first-order valence-corrected chi connectivity index (χ1v) is 2.94. The molecule has 0 fully saturated rings. The number of nitrogens with zero attached hydrogens (tertiary/aromatic N) is 1. The van der Waals surface area contributed by atoms with Gasteiger partial charge in [-0.1, -0.05) is 0 Å². The number of aromatic amines is 2. The van der Waals surface area contributed by atoms with E-state index in [1.165, 1.54) is 0 Å². The normalized spacial score (nSPS) is 10.4. The second-order valence-electron chi connectivity index (χ2n) is 2.06. The molecular weight excluding hydrogens is 128 g/mol. The van der Waals surface area contributed by atoms with Crippen LogP contribution in [0.2, 0.25) is 0 Å². The fourth-order valence-electron chi connectivity index (χ4n) is 0.869. The number of hydrogen-bond acceptors (Lipinski definition) is 2. The minimum absolute atomic E-state index is 0.375. The molecule has 0 unspecified atom stereocenters. The summed E-state index contributed by atoms with van der Waals surface area (Å²) >= 11 is 0. The molecule has 0 atom stereocenters. The fourth-order valence-corrected chi connectivity index (χ4v) is 0.869. The van der Waals surface area contributed by atoms with Crippen LogP contribution >= 0.6 is 0 Å². The van der Waals surface area contributed by atoms with E-state index in [0.29, 0.717) is 5.49 Å². The highest BCUT2D eigenvalue weighted by molar-refractivity contribution is 5.72. The van der Waals surface area contributed by atoms with E-state index in [1.807, 2.05) is 6.07 Å². The van der Waals surface area contributed by atoms with Crippen molar-refractivity contribution < 1.29 is 0 Å². The van der Waals surface area contributed by atoms with E-state index < -0.39 is 0 Å². The van der Waals surface area contributed by atoms with Crippen molar-refractivity contribution >= 4 is 11.0 Å². The van der Waals surface area contributed by atoms with Gasteiger partial charge in [-0.2, -0.15) is 5.10 Å². The number of H-pyrrole nitrogens is 2. The van der Waals surface area contributed by atoms with Gasteiger partial charge in [0.05, 0.1) is 0 Å². The number of fused-ring (bicyclic) bond motifs is 1. The standard InChI is InChI=1S/C6H6N4/c7-5-2-1-4-3-8-10-6(4)9-5/h1-3H,(H3,7,8,9,10). The highest BCUT2D eigenvalue weighted by Crippen LogP contribution is 2.01. The predicted molar refractivity (Wildman–Crippen MR) is 36.3 cm³/mol. The van der Waals surface area contributed by atoms with Crippen molar-refractivity contribution in [3.63, 3.8) is 0 Å². The van der Waals surface area contributed by atoms with Crippen LogP contribution in [-0.4, -0.2) is 15.2 Å². The van der Waals surface area contributed by atoms with Crippen LogP contribution in [0, 0.1) is 5.41 Å². The SMILES string of the molecule is N=c1ccc2c[nH]nc2[nH]1. The lowest BCUT2D eigenvalue weighted by Crippen LogP contribution is -2.01. The molecule has 0 amide bonds. The molecule has 2 aromatic heterocycles. The van der Waals surface area contributed by atoms with Gasteiger partial charge in [0.1, 0.15) is 5.49 Å². The van der Waals surface area contributed by atoms with Gasteiger partial charge in [0, 0.05) is 11.6 Å². The van der Waals surface area contributed by atoms with Crippen molar-refractivity contribution in [1.29, 1.82) is 5.41 Å². The van der Waals surface area contributed by atoms with Gasteiger partial charge < -0.3 is 4.98 Å². The molecule has 0 bridgehead atoms. The van der Waals surface area contributed by atoms with Crippen LogP contribution in [0.3, 0.4) is 0 Å². The molecule has 0 aliphatic heterocycles. The molecule has 0 spiro atoms. The van der Waals surface area contributed by atoms with Crippen molar-refractivity contribution in [2.45, 2.75) is 0 Å². The predicted octanol–water partition coefficient (Wildman–Crippen LogP) is 0.370. The second kappa shape index (κ2) is 1.70. The number of rotatable bonds is 0. The van der Waals surface area contributed by atoms with E-state index in [2.05, 4.69) is 15.2 Å². The maximum atomic E-state index is 7.21. The number of nitrogens with one attached hydrogen (secondary N) is 3. The number of aromatic nitrogens is 3. The quantitative estimate of drug-likeness (QED) is 0.478. The Kier molecular flexibility index (Phi) is 0.887. The summed E-state index contributed by atoms with van der Waals surface area (Å²) in [5.41, 5.74) is 1.10. The first kappa shape index (κ1) is 5.22. The Morgan fingerprint density at radius 1 is 1.40 bits per heavy atom. The van der Waals surface area contributed by atoms with Gasteiger partial charge in [-0.3, -0.25) is 10.5 Å².